The minimum absolute atomic E-state index is 0.120. The lowest BCUT2D eigenvalue weighted by Crippen LogP contribution is -2.42. The van der Waals surface area contributed by atoms with Gasteiger partial charge in [0.15, 0.2) is 0 Å². The van der Waals surface area contributed by atoms with Gasteiger partial charge in [-0.3, -0.25) is 4.79 Å². The number of para-hydroxylation sites is 2. The van der Waals surface area contributed by atoms with Gasteiger partial charge in [0.2, 0.25) is 11.9 Å². The summed E-state index contributed by atoms with van der Waals surface area (Å²) in [6.45, 7) is 5.98. The molecule has 1 aromatic heterocycles. The lowest BCUT2D eigenvalue weighted by atomic mass is 9.90. The maximum Gasteiger partial charge on any atom is 0.223 e. The predicted octanol–water partition coefficient (Wildman–Crippen LogP) is 4.24. The summed E-state index contributed by atoms with van der Waals surface area (Å²) in [5.41, 5.74) is 3.53. The first-order chi connectivity index (χ1) is 16.7. The third-order valence-electron chi connectivity index (χ3n) is 7.57. The Kier molecular flexibility index (Phi) is 7.44. The van der Waals surface area contributed by atoms with Crippen LogP contribution in [0.25, 0.3) is 11.0 Å². The minimum Gasteiger partial charge on any atom is -0.356 e. The smallest absolute Gasteiger partial charge is 0.223 e. The van der Waals surface area contributed by atoms with Gasteiger partial charge in [-0.05, 0) is 81.8 Å². The molecule has 2 aromatic carbocycles. The second kappa shape index (κ2) is 11.0. The van der Waals surface area contributed by atoms with Gasteiger partial charge >= 0.3 is 0 Å². The Bertz CT molecular complexity index is 1020. The molecular formula is C28H37N5O. The highest BCUT2D eigenvalue weighted by atomic mass is 16.1. The summed E-state index contributed by atoms with van der Waals surface area (Å²) in [5.74, 6) is 2.08. The van der Waals surface area contributed by atoms with Crippen LogP contribution in [0.1, 0.15) is 37.7 Å². The molecule has 5 rings (SSSR count). The van der Waals surface area contributed by atoms with Crippen LogP contribution in [-0.2, 0) is 11.2 Å². The number of fused-ring (bicyclic) bond motifs is 1. The number of hydrogen-bond donors (Lipinski definition) is 2. The molecule has 2 fully saturated rings. The van der Waals surface area contributed by atoms with Crippen molar-refractivity contribution in [2.24, 2.45) is 11.8 Å². The first kappa shape index (κ1) is 22.9. The molecule has 0 bridgehead atoms. The molecule has 2 aliphatic heterocycles. The van der Waals surface area contributed by atoms with E-state index in [2.05, 4.69) is 56.5 Å². The standard InChI is InChI=1S/C28H37N5O/c34-27(24-13-19-33(20-14-24)28-30-25-9-4-5-10-26(25)31-28)29-15-6-16-32-17-11-23(12-18-32)21-22-7-2-1-3-8-22/h1-5,7-10,23-24H,6,11-21H2,(H,29,34)(H,30,31). The Hall–Kier alpha value is -2.86. The fraction of sp³-hybridized carbons (Fsp3) is 0.500. The summed E-state index contributed by atoms with van der Waals surface area (Å²) in [6.07, 6.45) is 6.58. The quantitative estimate of drug-likeness (QED) is 0.495. The average Bonchev–Trinajstić information content (AvgIpc) is 3.33. The number of H-pyrrole nitrogens is 1. The molecule has 0 atom stereocenters. The van der Waals surface area contributed by atoms with Gasteiger partial charge in [-0.2, -0.15) is 0 Å². The minimum atomic E-state index is 0.120. The molecule has 2 aliphatic rings. The molecule has 6 nitrogen and oxygen atoms in total. The van der Waals surface area contributed by atoms with Crippen molar-refractivity contribution >= 4 is 22.9 Å². The first-order valence-electron chi connectivity index (χ1n) is 13.0. The number of anilines is 1. The fourth-order valence-electron chi connectivity index (χ4n) is 5.46. The van der Waals surface area contributed by atoms with Crippen LogP contribution in [0.3, 0.4) is 0 Å². The summed E-state index contributed by atoms with van der Waals surface area (Å²) in [5, 5.41) is 3.20. The van der Waals surface area contributed by atoms with Crippen LogP contribution in [0, 0.1) is 11.8 Å². The van der Waals surface area contributed by atoms with Crippen molar-refractivity contribution in [3.63, 3.8) is 0 Å². The number of benzene rings is 2. The van der Waals surface area contributed by atoms with E-state index in [0.29, 0.717) is 0 Å². The molecule has 0 spiro atoms. The Labute approximate surface area is 202 Å². The first-order valence-corrected chi connectivity index (χ1v) is 13.0. The molecule has 0 aliphatic carbocycles. The van der Waals surface area contributed by atoms with E-state index in [-0.39, 0.29) is 11.8 Å². The Morgan fingerprint density at radius 2 is 1.68 bits per heavy atom. The number of likely N-dealkylation sites (tertiary alicyclic amines) is 1. The number of piperidine rings is 2. The molecule has 0 saturated carbocycles. The van der Waals surface area contributed by atoms with Gasteiger partial charge in [-0.1, -0.05) is 42.5 Å². The lowest BCUT2D eigenvalue weighted by Gasteiger charge is -2.32. The third-order valence-corrected chi connectivity index (χ3v) is 7.57. The summed E-state index contributed by atoms with van der Waals surface area (Å²) >= 11 is 0. The number of aromatic amines is 1. The number of amides is 1. The van der Waals surface area contributed by atoms with E-state index in [4.69, 9.17) is 4.98 Å². The number of nitrogens with zero attached hydrogens (tertiary/aromatic N) is 3. The molecule has 3 heterocycles. The van der Waals surface area contributed by atoms with Crippen molar-refractivity contribution in [1.29, 1.82) is 0 Å². The molecule has 2 N–H and O–H groups in total. The van der Waals surface area contributed by atoms with Gasteiger partial charge < -0.3 is 20.1 Å². The van der Waals surface area contributed by atoms with Crippen molar-refractivity contribution in [3.8, 4) is 0 Å². The fourth-order valence-corrected chi connectivity index (χ4v) is 5.46. The maximum absolute atomic E-state index is 12.7. The number of nitrogens with one attached hydrogen (secondary N) is 2. The van der Waals surface area contributed by atoms with Gasteiger partial charge in [0.25, 0.3) is 0 Å². The van der Waals surface area contributed by atoms with Crippen LogP contribution in [0.4, 0.5) is 5.95 Å². The molecule has 6 heteroatoms. The van der Waals surface area contributed by atoms with E-state index in [1.165, 1.54) is 37.9 Å². The predicted molar refractivity (Wildman–Crippen MR) is 138 cm³/mol. The number of aromatic nitrogens is 2. The van der Waals surface area contributed by atoms with Gasteiger partial charge in [0.05, 0.1) is 11.0 Å². The molecule has 180 valence electrons. The molecule has 1 amide bonds. The SMILES string of the molecule is O=C(NCCCN1CCC(Cc2ccccc2)CC1)C1CCN(c2nc3ccccc3[nH]2)CC1. The van der Waals surface area contributed by atoms with E-state index in [9.17, 15) is 4.79 Å². The highest BCUT2D eigenvalue weighted by Gasteiger charge is 2.26. The van der Waals surface area contributed by atoms with Crippen molar-refractivity contribution in [1.82, 2.24) is 20.2 Å². The van der Waals surface area contributed by atoms with Gasteiger partial charge in [-0.15, -0.1) is 0 Å². The number of hydrogen-bond acceptors (Lipinski definition) is 4. The molecule has 0 unspecified atom stereocenters. The van der Waals surface area contributed by atoms with Crippen molar-refractivity contribution in [2.75, 3.05) is 44.2 Å². The Balaban J connectivity index is 0.966. The lowest BCUT2D eigenvalue weighted by molar-refractivity contribution is -0.125. The van der Waals surface area contributed by atoms with Crippen LogP contribution < -0.4 is 10.2 Å². The van der Waals surface area contributed by atoms with Crippen molar-refractivity contribution < 1.29 is 4.79 Å². The normalized spacial score (nSPS) is 18.4. The summed E-state index contributed by atoms with van der Waals surface area (Å²) < 4.78 is 0. The Morgan fingerprint density at radius 3 is 2.44 bits per heavy atom. The van der Waals surface area contributed by atoms with Gasteiger partial charge in [0, 0.05) is 25.6 Å². The van der Waals surface area contributed by atoms with Crippen LogP contribution >= 0.6 is 0 Å². The monoisotopic (exact) mass is 459 g/mol. The number of imidazole rings is 1. The van der Waals surface area contributed by atoms with E-state index in [1.54, 1.807) is 0 Å². The van der Waals surface area contributed by atoms with E-state index in [1.807, 2.05) is 18.2 Å². The number of carbonyl (C=O) groups is 1. The Morgan fingerprint density at radius 1 is 0.941 bits per heavy atom. The summed E-state index contributed by atoms with van der Waals surface area (Å²) in [4.78, 5) is 25.6. The highest BCUT2D eigenvalue weighted by Crippen LogP contribution is 2.24. The third kappa shape index (κ3) is 5.79. The van der Waals surface area contributed by atoms with Crippen LogP contribution in [0.2, 0.25) is 0 Å². The maximum atomic E-state index is 12.7. The summed E-state index contributed by atoms with van der Waals surface area (Å²) in [6, 6.07) is 19.0. The van der Waals surface area contributed by atoms with E-state index in [0.717, 1.165) is 68.3 Å². The average molecular weight is 460 g/mol. The zero-order valence-corrected chi connectivity index (χ0v) is 20.1. The second-order valence-electron chi connectivity index (χ2n) is 9.96. The van der Waals surface area contributed by atoms with Crippen LogP contribution in [-0.4, -0.2) is 60.0 Å². The van der Waals surface area contributed by atoms with Crippen molar-refractivity contribution in [3.05, 3.63) is 60.2 Å². The van der Waals surface area contributed by atoms with Crippen LogP contribution in [0.15, 0.2) is 54.6 Å². The van der Waals surface area contributed by atoms with Crippen molar-refractivity contribution in [2.45, 2.75) is 38.5 Å². The number of carbonyl (C=O) groups excluding carboxylic acids is 1. The topological polar surface area (TPSA) is 64.3 Å². The molecule has 34 heavy (non-hydrogen) atoms. The zero-order valence-electron chi connectivity index (χ0n) is 20.1. The molecule has 0 radical (unpaired) electrons. The van der Waals surface area contributed by atoms with E-state index < -0.39 is 0 Å². The summed E-state index contributed by atoms with van der Waals surface area (Å²) in [7, 11) is 0. The van der Waals surface area contributed by atoms with E-state index >= 15 is 0 Å². The van der Waals surface area contributed by atoms with Gasteiger partial charge in [-0.25, -0.2) is 4.98 Å². The highest BCUT2D eigenvalue weighted by molar-refractivity contribution is 5.79. The number of rotatable bonds is 8. The largest absolute Gasteiger partial charge is 0.356 e. The molecule has 2 saturated heterocycles. The zero-order chi connectivity index (χ0) is 23.2. The second-order valence-corrected chi connectivity index (χ2v) is 9.96. The van der Waals surface area contributed by atoms with Gasteiger partial charge in [0.1, 0.15) is 0 Å². The molecule has 3 aromatic rings. The molecular weight excluding hydrogens is 422 g/mol. The van der Waals surface area contributed by atoms with Crippen LogP contribution in [0.5, 0.6) is 0 Å².